The summed E-state index contributed by atoms with van der Waals surface area (Å²) in [5.41, 5.74) is 9.78. The number of nitrogens with zero attached hydrogens (tertiary/aromatic N) is 5. The number of hydrogen-bond donors (Lipinski definition) is 0. The standard InChI is InChI=1S/C36H23N5/c1-3-14-31-27(11-1)29-18-17-26(41-32-15-4-2-12-28(32)30-13-8-19-37-36(30)41)22-34(29)40(31)25-10-7-9-24(21-25)35-33-16-5-6-20-39(33)23-38-35/h1-23H. The predicted octanol–water partition coefficient (Wildman–Crippen LogP) is 8.59. The first-order valence-electron chi connectivity index (χ1n) is 13.8. The molecule has 0 saturated carbocycles. The van der Waals surface area contributed by atoms with Crippen molar-refractivity contribution < 1.29 is 0 Å². The molecule has 0 N–H and O–H groups in total. The van der Waals surface area contributed by atoms with Crippen LogP contribution in [0.4, 0.5) is 0 Å². The van der Waals surface area contributed by atoms with E-state index in [1.54, 1.807) is 0 Å². The summed E-state index contributed by atoms with van der Waals surface area (Å²) in [6, 6.07) is 43.0. The van der Waals surface area contributed by atoms with Gasteiger partial charge in [-0.1, -0.05) is 60.7 Å². The van der Waals surface area contributed by atoms with Gasteiger partial charge in [0.15, 0.2) is 0 Å². The highest BCUT2D eigenvalue weighted by Crippen LogP contribution is 2.37. The quantitative estimate of drug-likeness (QED) is 0.232. The van der Waals surface area contributed by atoms with Gasteiger partial charge in [0.2, 0.25) is 0 Å². The van der Waals surface area contributed by atoms with Gasteiger partial charge in [-0.15, -0.1) is 0 Å². The van der Waals surface area contributed by atoms with Crippen LogP contribution in [0.2, 0.25) is 0 Å². The first kappa shape index (κ1) is 22.2. The number of hydrogen-bond acceptors (Lipinski definition) is 2. The van der Waals surface area contributed by atoms with Crippen molar-refractivity contribution >= 4 is 49.3 Å². The summed E-state index contributed by atoms with van der Waals surface area (Å²) in [6.07, 6.45) is 5.79. The zero-order valence-electron chi connectivity index (χ0n) is 22.0. The monoisotopic (exact) mass is 525 g/mol. The maximum absolute atomic E-state index is 4.81. The first-order chi connectivity index (χ1) is 20.3. The molecule has 0 amide bonds. The molecular formula is C36H23N5. The largest absolute Gasteiger partial charge is 0.309 e. The fourth-order valence-corrected chi connectivity index (χ4v) is 6.39. The molecule has 9 rings (SSSR count). The number of pyridine rings is 2. The van der Waals surface area contributed by atoms with Crippen molar-refractivity contribution in [3.8, 4) is 22.6 Å². The molecule has 0 aliphatic heterocycles. The maximum Gasteiger partial charge on any atom is 0.145 e. The van der Waals surface area contributed by atoms with Crippen LogP contribution in [-0.4, -0.2) is 23.5 Å². The lowest BCUT2D eigenvalue weighted by Crippen LogP contribution is -1.98. The van der Waals surface area contributed by atoms with E-state index in [1.165, 1.54) is 21.7 Å². The van der Waals surface area contributed by atoms with Gasteiger partial charge < -0.3 is 8.97 Å². The molecule has 5 aromatic heterocycles. The van der Waals surface area contributed by atoms with E-state index in [2.05, 4.69) is 123 Å². The predicted molar refractivity (Wildman–Crippen MR) is 167 cm³/mol. The van der Waals surface area contributed by atoms with Crippen LogP contribution in [0.3, 0.4) is 0 Å². The normalized spacial score (nSPS) is 11.9. The van der Waals surface area contributed by atoms with E-state index in [1.807, 2.05) is 30.9 Å². The average molecular weight is 526 g/mol. The van der Waals surface area contributed by atoms with E-state index in [-0.39, 0.29) is 0 Å². The van der Waals surface area contributed by atoms with Crippen LogP contribution in [0.5, 0.6) is 0 Å². The Morgan fingerprint density at radius 3 is 2.07 bits per heavy atom. The summed E-state index contributed by atoms with van der Waals surface area (Å²) >= 11 is 0. The Kier molecular flexibility index (Phi) is 4.55. The Bertz CT molecular complexity index is 2390. The fraction of sp³-hybridized carbons (Fsp3) is 0. The highest BCUT2D eigenvalue weighted by atomic mass is 15.1. The Balaban J connectivity index is 1.32. The minimum Gasteiger partial charge on any atom is -0.309 e. The lowest BCUT2D eigenvalue weighted by atomic mass is 10.1. The van der Waals surface area contributed by atoms with Crippen molar-refractivity contribution in [2.75, 3.05) is 0 Å². The highest BCUT2D eigenvalue weighted by molar-refractivity contribution is 6.11. The minimum absolute atomic E-state index is 0.962. The van der Waals surface area contributed by atoms with Gasteiger partial charge in [-0.05, 0) is 60.7 Å². The van der Waals surface area contributed by atoms with E-state index >= 15 is 0 Å². The van der Waals surface area contributed by atoms with E-state index in [9.17, 15) is 0 Å². The summed E-state index contributed by atoms with van der Waals surface area (Å²) in [4.78, 5) is 9.57. The van der Waals surface area contributed by atoms with Crippen molar-refractivity contribution in [1.29, 1.82) is 0 Å². The second kappa shape index (κ2) is 8.41. The smallest absolute Gasteiger partial charge is 0.145 e. The van der Waals surface area contributed by atoms with Crippen LogP contribution >= 0.6 is 0 Å². The van der Waals surface area contributed by atoms with Crippen LogP contribution < -0.4 is 0 Å². The molecule has 0 bridgehead atoms. The molecule has 0 unspecified atom stereocenters. The van der Waals surface area contributed by atoms with Crippen molar-refractivity contribution in [2.24, 2.45) is 0 Å². The Morgan fingerprint density at radius 2 is 1.17 bits per heavy atom. The topological polar surface area (TPSA) is 40.0 Å². The van der Waals surface area contributed by atoms with Crippen molar-refractivity contribution in [2.45, 2.75) is 0 Å². The third-order valence-corrected chi connectivity index (χ3v) is 8.17. The molecule has 0 aliphatic carbocycles. The number of para-hydroxylation sites is 2. The maximum atomic E-state index is 4.81. The molecule has 4 aromatic carbocycles. The average Bonchev–Trinajstić information content (AvgIpc) is 3.71. The minimum atomic E-state index is 0.962. The first-order valence-corrected chi connectivity index (χ1v) is 13.8. The third kappa shape index (κ3) is 3.17. The molecule has 0 fully saturated rings. The molecule has 5 heterocycles. The molecule has 0 aliphatic rings. The molecule has 0 radical (unpaired) electrons. The lowest BCUT2D eigenvalue weighted by Gasteiger charge is -2.12. The zero-order valence-corrected chi connectivity index (χ0v) is 22.0. The van der Waals surface area contributed by atoms with Gasteiger partial charge in [-0.25, -0.2) is 9.97 Å². The Morgan fingerprint density at radius 1 is 0.463 bits per heavy atom. The van der Waals surface area contributed by atoms with Crippen LogP contribution in [0, 0.1) is 0 Å². The number of aromatic nitrogens is 5. The fourth-order valence-electron chi connectivity index (χ4n) is 6.39. The van der Waals surface area contributed by atoms with Gasteiger partial charge >= 0.3 is 0 Å². The van der Waals surface area contributed by atoms with Crippen molar-refractivity contribution in [3.05, 3.63) is 140 Å². The summed E-state index contributed by atoms with van der Waals surface area (Å²) in [5.74, 6) is 0. The van der Waals surface area contributed by atoms with Crippen LogP contribution in [-0.2, 0) is 0 Å². The van der Waals surface area contributed by atoms with E-state index in [4.69, 9.17) is 9.97 Å². The van der Waals surface area contributed by atoms with Crippen molar-refractivity contribution in [3.63, 3.8) is 0 Å². The zero-order chi connectivity index (χ0) is 26.9. The van der Waals surface area contributed by atoms with Crippen molar-refractivity contribution in [1.82, 2.24) is 23.5 Å². The summed E-state index contributed by atoms with van der Waals surface area (Å²) < 4.78 is 6.71. The third-order valence-electron chi connectivity index (χ3n) is 8.17. The Hall–Kier alpha value is -5.68. The summed E-state index contributed by atoms with van der Waals surface area (Å²) in [5, 5.41) is 4.81. The second-order valence-electron chi connectivity index (χ2n) is 10.4. The van der Waals surface area contributed by atoms with Crippen LogP contribution in [0.1, 0.15) is 0 Å². The van der Waals surface area contributed by atoms with Gasteiger partial charge in [0.05, 0.1) is 34.1 Å². The van der Waals surface area contributed by atoms with E-state index in [0.717, 1.165) is 50.2 Å². The van der Waals surface area contributed by atoms with Crippen LogP contribution in [0.25, 0.3) is 71.9 Å². The van der Waals surface area contributed by atoms with E-state index < -0.39 is 0 Å². The number of benzene rings is 4. The molecule has 0 spiro atoms. The molecular weight excluding hydrogens is 502 g/mol. The van der Waals surface area contributed by atoms with E-state index in [0.29, 0.717) is 0 Å². The molecule has 0 saturated heterocycles. The molecule has 9 aromatic rings. The number of rotatable bonds is 3. The summed E-state index contributed by atoms with van der Waals surface area (Å²) in [7, 11) is 0. The van der Waals surface area contributed by atoms with Gasteiger partial charge in [-0.2, -0.15) is 0 Å². The molecule has 192 valence electrons. The van der Waals surface area contributed by atoms with Crippen LogP contribution in [0.15, 0.2) is 140 Å². The van der Waals surface area contributed by atoms with Gasteiger partial charge in [-0.3, -0.25) is 4.57 Å². The second-order valence-corrected chi connectivity index (χ2v) is 10.4. The lowest BCUT2D eigenvalue weighted by molar-refractivity contribution is 1.13. The molecule has 0 atom stereocenters. The Labute approximate surface area is 235 Å². The number of imidazole rings is 1. The van der Waals surface area contributed by atoms with Gasteiger partial charge in [0.1, 0.15) is 5.65 Å². The SMILES string of the molecule is c1cc(-c2ncn3ccccc23)cc(-n2c3ccccc3c3ccc(-n4c5ccccc5c5cccnc54)cc32)c1. The molecule has 41 heavy (non-hydrogen) atoms. The summed E-state index contributed by atoms with van der Waals surface area (Å²) in [6.45, 7) is 0. The number of fused-ring (bicyclic) bond motifs is 7. The van der Waals surface area contributed by atoms with Gasteiger partial charge in [0.25, 0.3) is 0 Å². The highest BCUT2D eigenvalue weighted by Gasteiger charge is 2.17. The van der Waals surface area contributed by atoms with Gasteiger partial charge in [0, 0.05) is 50.9 Å². The molecule has 5 nitrogen and oxygen atoms in total. The molecule has 5 heteroatoms.